The Bertz CT molecular complexity index is 577. The fourth-order valence-electron chi connectivity index (χ4n) is 2.17. The van der Waals surface area contributed by atoms with E-state index in [9.17, 15) is 9.59 Å². The average molecular weight is 350 g/mol. The van der Waals surface area contributed by atoms with Gasteiger partial charge >= 0.3 is 19.1 Å². The minimum atomic E-state index is -0.911. The normalized spacial score (nSPS) is 11.8. The van der Waals surface area contributed by atoms with E-state index in [-0.39, 0.29) is 16.6 Å². The number of hydrogen-bond acceptors (Lipinski definition) is 6. The summed E-state index contributed by atoms with van der Waals surface area (Å²) in [5.41, 5.74) is -0.660. The summed E-state index contributed by atoms with van der Waals surface area (Å²) >= 11 is 0. The molecule has 0 fully saturated rings. The molecule has 0 radical (unpaired) electrons. The highest BCUT2D eigenvalue weighted by Gasteiger charge is 2.33. The number of rotatable bonds is 5. The summed E-state index contributed by atoms with van der Waals surface area (Å²) in [4.78, 5) is 25.2. The van der Waals surface area contributed by atoms with Gasteiger partial charge in [-0.05, 0) is 53.7 Å². The highest BCUT2D eigenvalue weighted by atomic mass is 16.6. The first-order valence-corrected chi connectivity index (χ1v) is 8.05. The zero-order valence-corrected chi connectivity index (χ0v) is 16.3. The monoisotopic (exact) mass is 350 g/mol. The Balaban J connectivity index is 3.46. The van der Waals surface area contributed by atoms with Crippen LogP contribution in [0.4, 0.5) is 0 Å². The number of benzene rings is 1. The highest BCUT2D eigenvalue weighted by molar-refractivity contribution is 6.64. The van der Waals surface area contributed by atoms with Crippen LogP contribution in [0.3, 0.4) is 0 Å². The third-order valence-electron chi connectivity index (χ3n) is 3.01. The molecule has 1 rings (SSSR count). The van der Waals surface area contributed by atoms with Crippen LogP contribution >= 0.6 is 0 Å². The van der Waals surface area contributed by atoms with Crippen molar-refractivity contribution in [3.8, 4) is 0 Å². The zero-order chi connectivity index (χ0) is 19.4. The molecule has 0 amide bonds. The molecule has 0 saturated carbocycles. The van der Waals surface area contributed by atoms with Gasteiger partial charge in [0.2, 0.25) is 0 Å². The Hall–Kier alpha value is -1.86. The van der Waals surface area contributed by atoms with E-state index in [0.717, 1.165) is 0 Å². The summed E-state index contributed by atoms with van der Waals surface area (Å²) in [6.07, 6.45) is 0. The first-order chi connectivity index (χ1) is 11.4. The fourth-order valence-corrected chi connectivity index (χ4v) is 2.17. The summed E-state index contributed by atoms with van der Waals surface area (Å²) in [5.74, 6) is -1.13. The van der Waals surface area contributed by atoms with E-state index in [2.05, 4.69) is 0 Å². The van der Waals surface area contributed by atoms with Crippen LogP contribution in [-0.2, 0) is 18.8 Å². The molecule has 0 N–H and O–H groups in total. The molecule has 0 aliphatic rings. The number of carbonyl (C=O) groups excluding carboxylic acids is 2. The van der Waals surface area contributed by atoms with Gasteiger partial charge in [0.05, 0.1) is 11.1 Å². The summed E-state index contributed by atoms with van der Waals surface area (Å²) in [5, 5.41) is 0. The lowest BCUT2D eigenvalue weighted by atomic mass is 9.72. The van der Waals surface area contributed by atoms with Gasteiger partial charge in [-0.15, -0.1) is 0 Å². The first kappa shape index (κ1) is 21.2. The molecule has 6 nitrogen and oxygen atoms in total. The van der Waals surface area contributed by atoms with E-state index < -0.39 is 30.3 Å². The topological polar surface area (TPSA) is 71.1 Å². The summed E-state index contributed by atoms with van der Waals surface area (Å²) in [6, 6.07) is 4.75. The van der Waals surface area contributed by atoms with Crippen LogP contribution in [0.25, 0.3) is 0 Å². The lowest BCUT2D eigenvalue weighted by Gasteiger charge is -2.24. The molecule has 0 unspecified atom stereocenters. The molecule has 0 spiro atoms. The van der Waals surface area contributed by atoms with Crippen LogP contribution in [-0.4, -0.2) is 44.5 Å². The van der Waals surface area contributed by atoms with Gasteiger partial charge in [0.15, 0.2) is 0 Å². The Morgan fingerprint density at radius 2 is 1.16 bits per heavy atom. The lowest BCUT2D eigenvalue weighted by Crippen LogP contribution is -2.44. The minimum absolute atomic E-state index is 0.201. The molecule has 0 atom stereocenters. The van der Waals surface area contributed by atoms with Gasteiger partial charge in [0.25, 0.3) is 0 Å². The quantitative estimate of drug-likeness (QED) is 0.600. The Kier molecular flexibility index (Phi) is 6.79. The van der Waals surface area contributed by atoms with Gasteiger partial charge in [-0.25, -0.2) is 9.59 Å². The molecule has 0 bridgehead atoms. The van der Waals surface area contributed by atoms with Crippen LogP contribution in [0.1, 0.15) is 62.3 Å². The smallest absolute Gasteiger partial charge is 0.456 e. The first-order valence-electron chi connectivity index (χ1n) is 8.05. The molecule has 0 aliphatic heterocycles. The number of hydrogen-bond donors (Lipinski definition) is 0. The molecule has 1 aromatic carbocycles. The van der Waals surface area contributed by atoms with Crippen LogP contribution in [0, 0.1) is 0 Å². The van der Waals surface area contributed by atoms with Crippen LogP contribution in [0.2, 0.25) is 0 Å². The van der Waals surface area contributed by atoms with Crippen molar-refractivity contribution in [1.82, 2.24) is 0 Å². The van der Waals surface area contributed by atoms with Crippen LogP contribution in [0.5, 0.6) is 0 Å². The predicted molar refractivity (Wildman–Crippen MR) is 96.2 cm³/mol. The molecule has 0 aliphatic carbocycles. The maximum absolute atomic E-state index is 12.6. The van der Waals surface area contributed by atoms with Gasteiger partial charge < -0.3 is 18.8 Å². The van der Waals surface area contributed by atoms with Crippen LogP contribution in [0.15, 0.2) is 18.2 Å². The van der Waals surface area contributed by atoms with Crippen molar-refractivity contribution in [2.75, 3.05) is 14.2 Å². The predicted octanol–water partition coefficient (Wildman–Crippen LogP) is 2.59. The van der Waals surface area contributed by atoms with Gasteiger partial charge in [-0.2, -0.15) is 0 Å². The molecule has 138 valence electrons. The SMILES string of the molecule is COB(OC)c1c(C(=O)OC(C)(C)C)cccc1C(=O)OC(C)(C)C. The van der Waals surface area contributed by atoms with Crippen molar-refractivity contribution in [3.05, 3.63) is 29.3 Å². The molecule has 7 heteroatoms. The average Bonchev–Trinajstić information content (AvgIpc) is 2.44. The van der Waals surface area contributed by atoms with Crippen molar-refractivity contribution in [3.63, 3.8) is 0 Å². The van der Waals surface area contributed by atoms with Crippen molar-refractivity contribution in [2.45, 2.75) is 52.7 Å². The fraction of sp³-hybridized carbons (Fsp3) is 0.556. The summed E-state index contributed by atoms with van der Waals surface area (Å²) < 4.78 is 21.5. The summed E-state index contributed by atoms with van der Waals surface area (Å²) in [7, 11) is 1.95. The number of ether oxygens (including phenoxy) is 2. The minimum Gasteiger partial charge on any atom is -0.456 e. The lowest BCUT2D eigenvalue weighted by molar-refractivity contribution is 0.00676. The van der Waals surface area contributed by atoms with E-state index >= 15 is 0 Å². The Morgan fingerprint density at radius 3 is 1.44 bits per heavy atom. The molecule has 0 aromatic heterocycles. The van der Waals surface area contributed by atoms with Crippen molar-refractivity contribution in [1.29, 1.82) is 0 Å². The van der Waals surface area contributed by atoms with E-state index in [1.54, 1.807) is 59.7 Å². The van der Waals surface area contributed by atoms with Gasteiger partial charge in [0, 0.05) is 19.7 Å². The standard InChI is InChI=1S/C18H27BO6/c1-17(2,3)24-15(20)12-10-9-11-13(14(12)19(22-7)23-8)16(21)25-18(4,5)6/h9-11H,1-8H3. The second kappa shape index (κ2) is 8.02. The molecule has 0 heterocycles. The van der Waals surface area contributed by atoms with E-state index in [0.29, 0.717) is 0 Å². The maximum Gasteiger partial charge on any atom is 0.495 e. The molecule has 1 aromatic rings. The van der Waals surface area contributed by atoms with Crippen molar-refractivity contribution in [2.24, 2.45) is 0 Å². The van der Waals surface area contributed by atoms with Gasteiger partial charge in [-0.1, -0.05) is 6.07 Å². The molecular formula is C18H27BO6. The molecule has 25 heavy (non-hydrogen) atoms. The second-order valence-corrected chi connectivity index (χ2v) is 7.57. The third kappa shape index (κ3) is 6.18. The van der Waals surface area contributed by atoms with E-state index in [1.165, 1.54) is 14.2 Å². The van der Waals surface area contributed by atoms with E-state index in [4.69, 9.17) is 18.8 Å². The van der Waals surface area contributed by atoms with Crippen molar-refractivity contribution < 1.29 is 28.4 Å². The maximum atomic E-state index is 12.6. The summed E-state index contributed by atoms with van der Waals surface area (Å²) in [6.45, 7) is 10.6. The third-order valence-corrected chi connectivity index (χ3v) is 3.01. The largest absolute Gasteiger partial charge is 0.495 e. The van der Waals surface area contributed by atoms with Crippen LogP contribution < -0.4 is 5.46 Å². The number of esters is 2. The van der Waals surface area contributed by atoms with Gasteiger partial charge in [0.1, 0.15) is 11.2 Å². The number of carbonyl (C=O) groups is 2. The second-order valence-electron chi connectivity index (χ2n) is 7.57. The van der Waals surface area contributed by atoms with Crippen molar-refractivity contribution >= 4 is 24.5 Å². The highest BCUT2D eigenvalue weighted by Crippen LogP contribution is 2.16. The molecule has 0 saturated heterocycles. The van der Waals surface area contributed by atoms with Gasteiger partial charge in [-0.3, -0.25) is 0 Å². The Labute approximate surface area is 149 Å². The zero-order valence-electron chi connectivity index (χ0n) is 16.3. The van der Waals surface area contributed by atoms with E-state index in [1.807, 2.05) is 0 Å². The Morgan fingerprint density at radius 1 is 0.800 bits per heavy atom. The molecular weight excluding hydrogens is 323 g/mol.